The fourth-order valence-electron chi connectivity index (χ4n) is 0.317. The quantitative estimate of drug-likeness (QED) is 0.403. The third kappa shape index (κ3) is 1.23. The number of hydrogen-bond acceptors (Lipinski definition) is 2. The Hall–Kier alpha value is 0.0795. The molecule has 1 fully saturated rings. The molecule has 0 aliphatic carbocycles. The Kier molecular flexibility index (Phi) is 1.42. The van der Waals surface area contributed by atoms with Crippen molar-refractivity contribution in [2.24, 2.45) is 0 Å². The summed E-state index contributed by atoms with van der Waals surface area (Å²) in [6.45, 7) is 0. The van der Waals surface area contributed by atoms with Crippen molar-refractivity contribution in [3.63, 3.8) is 0 Å². The zero-order chi connectivity index (χ0) is 5.28. The molecule has 1 heterocycles. The molecular formula is C3H3NOSSe. The number of rotatable bonds is 0. The molecule has 0 spiro atoms. The molecule has 0 radical (unpaired) electrons. The maximum absolute atomic E-state index is 10.3. The predicted octanol–water partition coefficient (Wildman–Crippen LogP) is -0.476. The first-order valence-corrected chi connectivity index (χ1v) is 4.23. The molecule has 0 bridgehead atoms. The minimum atomic E-state index is 0.0880. The van der Waals surface area contributed by atoms with Crippen LogP contribution >= 0.6 is 12.2 Å². The summed E-state index contributed by atoms with van der Waals surface area (Å²) in [5, 5.41) is 3.18. The van der Waals surface area contributed by atoms with Crippen molar-refractivity contribution in [3.05, 3.63) is 0 Å². The standard InChI is InChI=1S/C3H3NOSSe/c5-2-1-7-3(6)4-2/h1H2,(H,4,5,6). The maximum atomic E-state index is 10.3. The van der Waals surface area contributed by atoms with E-state index in [0.717, 1.165) is 3.89 Å². The Labute approximate surface area is 52.8 Å². The van der Waals surface area contributed by atoms with E-state index in [1.54, 1.807) is 0 Å². The SMILES string of the molecule is O=C1C[Se]C(=S)N1. The number of carbonyl (C=O) groups excluding carboxylic acids is 1. The molecule has 0 saturated carbocycles. The van der Waals surface area contributed by atoms with E-state index in [1.165, 1.54) is 0 Å². The second-order valence-corrected chi connectivity index (χ2v) is 4.18. The van der Waals surface area contributed by atoms with E-state index in [0.29, 0.717) is 5.32 Å². The van der Waals surface area contributed by atoms with E-state index >= 15 is 0 Å². The van der Waals surface area contributed by atoms with Gasteiger partial charge in [-0.15, -0.1) is 0 Å². The van der Waals surface area contributed by atoms with Crippen LogP contribution in [0.2, 0.25) is 5.32 Å². The number of hydrogen-bond donors (Lipinski definition) is 1. The van der Waals surface area contributed by atoms with Gasteiger partial charge in [-0.2, -0.15) is 0 Å². The first kappa shape index (κ1) is 5.22. The topological polar surface area (TPSA) is 29.1 Å². The second-order valence-electron chi connectivity index (χ2n) is 1.12. The Bertz CT molecular complexity index is 110. The number of nitrogens with one attached hydrogen (secondary N) is 1. The summed E-state index contributed by atoms with van der Waals surface area (Å²) in [6, 6.07) is 0. The van der Waals surface area contributed by atoms with Gasteiger partial charge in [0, 0.05) is 0 Å². The first-order chi connectivity index (χ1) is 3.29. The summed E-state index contributed by atoms with van der Waals surface area (Å²) in [4.78, 5) is 10.3. The summed E-state index contributed by atoms with van der Waals surface area (Å²) in [6.07, 6.45) is 0. The summed E-state index contributed by atoms with van der Waals surface area (Å²) in [5.41, 5.74) is 0. The van der Waals surface area contributed by atoms with Crippen LogP contribution in [0.1, 0.15) is 0 Å². The average Bonchev–Trinajstić information content (AvgIpc) is 1.87. The van der Waals surface area contributed by atoms with E-state index in [2.05, 4.69) is 5.32 Å². The molecule has 1 saturated heterocycles. The van der Waals surface area contributed by atoms with Crippen molar-refractivity contribution in [1.29, 1.82) is 0 Å². The van der Waals surface area contributed by atoms with Crippen molar-refractivity contribution in [3.8, 4) is 0 Å². The fourth-order valence-corrected chi connectivity index (χ4v) is 1.83. The van der Waals surface area contributed by atoms with Crippen LogP contribution in [-0.4, -0.2) is 24.8 Å². The Balaban J connectivity index is 2.55. The molecule has 38 valence electrons. The molecule has 1 rings (SSSR count). The van der Waals surface area contributed by atoms with E-state index in [1.807, 2.05) is 0 Å². The van der Waals surface area contributed by atoms with Gasteiger partial charge in [-0.3, -0.25) is 0 Å². The van der Waals surface area contributed by atoms with Gasteiger partial charge in [0.2, 0.25) is 0 Å². The average molecular weight is 180 g/mol. The van der Waals surface area contributed by atoms with Crippen molar-refractivity contribution in [1.82, 2.24) is 5.32 Å². The number of thiocarbonyl (C=S) groups is 1. The van der Waals surface area contributed by atoms with E-state index in [9.17, 15) is 4.79 Å². The van der Waals surface area contributed by atoms with Crippen LogP contribution < -0.4 is 5.32 Å². The normalized spacial score (nSPS) is 20.0. The molecule has 1 N–H and O–H groups in total. The van der Waals surface area contributed by atoms with Crippen molar-refractivity contribution < 1.29 is 4.79 Å². The summed E-state index contributed by atoms with van der Waals surface area (Å²) < 4.78 is 0.748. The molecule has 0 aromatic carbocycles. The third-order valence-electron chi connectivity index (χ3n) is 0.576. The molecule has 1 aliphatic heterocycles. The van der Waals surface area contributed by atoms with E-state index in [4.69, 9.17) is 12.2 Å². The van der Waals surface area contributed by atoms with Crippen LogP contribution in [0.15, 0.2) is 0 Å². The molecule has 2 nitrogen and oxygen atoms in total. The molecule has 0 unspecified atom stereocenters. The molecule has 0 atom stereocenters. The van der Waals surface area contributed by atoms with E-state index in [-0.39, 0.29) is 20.9 Å². The molecule has 0 aromatic heterocycles. The molecule has 1 amide bonds. The van der Waals surface area contributed by atoms with Gasteiger partial charge >= 0.3 is 52.4 Å². The van der Waals surface area contributed by atoms with Gasteiger partial charge in [0.1, 0.15) is 0 Å². The summed E-state index contributed by atoms with van der Waals surface area (Å²) >= 11 is 4.96. The predicted molar refractivity (Wildman–Crippen MR) is 31.3 cm³/mol. The number of amides is 1. The monoisotopic (exact) mass is 181 g/mol. The van der Waals surface area contributed by atoms with Crippen LogP contribution in [0, 0.1) is 0 Å². The van der Waals surface area contributed by atoms with Crippen LogP contribution in [0.5, 0.6) is 0 Å². The van der Waals surface area contributed by atoms with Crippen molar-refractivity contribution >= 4 is 37.0 Å². The second kappa shape index (κ2) is 1.90. The molecule has 4 heteroatoms. The third-order valence-corrected chi connectivity index (χ3v) is 2.91. The van der Waals surface area contributed by atoms with Crippen LogP contribution in [-0.2, 0) is 4.79 Å². The van der Waals surface area contributed by atoms with Gasteiger partial charge in [-0.1, -0.05) is 0 Å². The first-order valence-electron chi connectivity index (χ1n) is 1.75. The fraction of sp³-hybridized carbons (Fsp3) is 0.333. The van der Waals surface area contributed by atoms with Crippen LogP contribution in [0.3, 0.4) is 0 Å². The minimum absolute atomic E-state index is 0.0880. The molecule has 0 aromatic rings. The zero-order valence-corrected chi connectivity index (χ0v) is 5.96. The van der Waals surface area contributed by atoms with Gasteiger partial charge in [0.15, 0.2) is 0 Å². The van der Waals surface area contributed by atoms with Crippen molar-refractivity contribution in [2.45, 2.75) is 5.32 Å². The van der Waals surface area contributed by atoms with Gasteiger partial charge in [0.25, 0.3) is 0 Å². The van der Waals surface area contributed by atoms with Gasteiger partial charge in [-0.25, -0.2) is 0 Å². The number of carbonyl (C=O) groups is 1. The van der Waals surface area contributed by atoms with Gasteiger partial charge < -0.3 is 0 Å². The Morgan fingerprint density at radius 1 is 1.86 bits per heavy atom. The van der Waals surface area contributed by atoms with Crippen molar-refractivity contribution in [2.75, 3.05) is 0 Å². The molecule has 1 aliphatic rings. The zero-order valence-electron chi connectivity index (χ0n) is 3.43. The van der Waals surface area contributed by atoms with E-state index < -0.39 is 0 Å². The molecule has 7 heavy (non-hydrogen) atoms. The summed E-state index contributed by atoms with van der Waals surface area (Å²) in [7, 11) is 0. The summed E-state index contributed by atoms with van der Waals surface area (Å²) in [5.74, 6) is 0.0880. The van der Waals surface area contributed by atoms with Crippen LogP contribution in [0.4, 0.5) is 0 Å². The van der Waals surface area contributed by atoms with Crippen LogP contribution in [0.25, 0.3) is 0 Å². The van der Waals surface area contributed by atoms with Gasteiger partial charge in [-0.05, 0) is 0 Å². The Morgan fingerprint density at radius 3 is 2.71 bits per heavy atom. The van der Waals surface area contributed by atoms with Gasteiger partial charge in [0.05, 0.1) is 0 Å². The Morgan fingerprint density at radius 2 is 2.57 bits per heavy atom. The molecular weight excluding hydrogens is 177 g/mol.